The zero-order chi connectivity index (χ0) is 20.6. The maximum absolute atomic E-state index is 11.6. The molecule has 0 radical (unpaired) electrons. The Morgan fingerprint density at radius 2 is 1.32 bits per heavy atom. The van der Waals surface area contributed by atoms with E-state index in [-0.39, 0.29) is 30.7 Å². The molecule has 1 aromatic rings. The van der Waals surface area contributed by atoms with Gasteiger partial charge in [0.05, 0.1) is 0 Å². The molecule has 28 heavy (non-hydrogen) atoms. The highest BCUT2D eigenvalue weighted by atomic mass is 16.5. The van der Waals surface area contributed by atoms with Gasteiger partial charge in [-0.3, -0.25) is 14.4 Å². The van der Waals surface area contributed by atoms with Crippen LogP contribution < -0.4 is 21.3 Å². The number of ether oxygens (including phenoxy) is 1. The van der Waals surface area contributed by atoms with E-state index < -0.39 is 6.09 Å². The van der Waals surface area contributed by atoms with Crippen molar-refractivity contribution < 1.29 is 23.9 Å². The van der Waals surface area contributed by atoms with Gasteiger partial charge in [-0.1, -0.05) is 30.3 Å². The molecule has 0 heterocycles. The van der Waals surface area contributed by atoms with Crippen LogP contribution in [-0.4, -0.2) is 50.0 Å². The first-order chi connectivity index (χ1) is 13.5. The second kappa shape index (κ2) is 14.0. The summed E-state index contributed by atoms with van der Waals surface area (Å²) in [6.07, 6.45) is 0.338. The third-order valence-corrected chi connectivity index (χ3v) is 3.53. The Bertz CT molecular complexity index is 636. The van der Waals surface area contributed by atoms with E-state index in [1.807, 2.05) is 30.3 Å². The van der Waals surface area contributed by atoms with Crippen LogP contribution >= 0.6 is 0 Å². The lowest BCUT2D eigenvalue weighted by Crippen LogP contribution is -2.35. The summed E-state index contributed by atoms with van der Waals surface area (Å²) in [4.78, 5) is 45.5. The van der Waals surface area contributed by atoms with E-state index in [0.29, 0.717) is 39.0 Å². The SMILES string of the molecule is CC(=O)NCCCNC(=O)CC(=O)NCCCNC(=O)OCc1ccccc1. The van der Waals surface area contributed by atoms with Gasteiger partial charge in [-0.2, -0.15) is 0 Å². The van der Waals surface area contributed by atoms with Crippen molar-refractivity contribution in [2.45, 2.75) is 32.8 Å². The van der Waals surface area contributed by atoms with Gasteiger partial charge in [0.1, 0.15) is 13.0 Å². The molecule has 154 valence electrons. The van der Waals surface area contributed by atoms with Gasteiger partial charge in [0.15, 0.2) is 0 Å². The molecule has 4 N–H and O–H groups in total. The highest BCUT2D eigenvalue weighted by molar-refractivity contribution is 5.96. The van der Waals surface area contributed by atoms with Gasteiger partial charge in [-0.15, -0.1) is 0 Å². The molecule has 0 aliphatic rings. The van der Waals surface area contributed by atoms with E-state index in [9.17, 15) is 19.2 Å². The first-order valence-corrected chi connectivity index (χ1v) is 9.19. The van der Waals surface area contributed by atoms with Crippen LogP contribution in [-0.2, 0) is 25.7 Å². The second-order valence-corrected chi connectivity index (χ2v) is 6.06. The molecular weight excluding hydrogens is 364 g/mol. The number of benzene rings is 1. The van der Waals surface area contributed by atoms with Gasteiger partial charge in [-0.25, -0.2) is 4.79 Å². The molecule has 0 spiro atoms. The minimum atomic E-state index is -0.520. The van der Waals surface area contributed by atoms with Crippen LogP contribution in [0.3, 0.4) is 0 Å². The van der Waals surface area contributed by atoms with E-state index in [0.717, 1.165) is 5.56 Å². The lowest BCUT2D eigenvalue weighted by atomic mass is 10.2. The fourth-order valence-corrected chi connectivity index (χ4v) is 2.13. The summed E-state index contributed by atoms with van der Waals surface area (Å²) in [5.41, 5.74) is 0.901. The normalized spacial score (nSPS) is 9.89. The highest BCUT2D eigenvalue weighted by Gasteiger charge is 2.08. The van der Waals surface area contributed by atoms with E-state index in [4.69, 9.17) is 4.74 Å². The fourth-order valence-electron chi connectivity index (χ4n) is 2.13. The van der Waals surface area contributed by atoms with Gasteiger partial charge in [0.2, 0.25) is 17.7 Å². The standard InChI is InChI=1S/C19H28N4O5/c1-15(24)20-9-5-10-21-17(25)13-18(26)22-11-6-12-23-19(27)28-14-16-7-3-2-4-8-16/h2-4,7-8H,5-6,9-14H2,1H3,(H,20,24)(H,21,25)(H,22,26)(H,23,27). The van der Waals surface area contributed by atoms with Crippen molar-refractivity contribution in [2.24, 2.45) is 0 Å². The molecule has 9 heteroatoms. The van der Waals surface area contributed by atoms with Crippen LogP contribution in [0, 0.1) is 0 Å². The lowest BCUT2D eigenvalue weighted by molar-refractivity contribution is -0.129. The molecule has 0 bridgehead atoms. The Morgan fingerprint density at radius 1 is 0.786 bits per heavy atom. The lowest BCUT2D eigenvalue weighted by Gasteiger charge is -2.08. The number of amides is 4. The topological polar surface area (TPSA) is 126 Å². The molecule has 0 saturated heterocycles. The second-order valence-electron chi connectivity index (χ2n) is 6.06. The third-order valence-electron chi connectivity index (χ3n) is 3.53. The predicted molar refractivity (Wildman–Crippen MR) is 103 cm³/mol. The maximum atomic E-state index is 11.6. The van der Waals surface area contributed by atoms with Crippen molar-refractivity contribution in [3.8, 4) is 0 Å². The van der Waals surface area contributed by atoms with E-state index in [2.05, 4.69) is 21.3 Å². The molecule has 0 aromatic heterocycles. The molecule has 4 amide bonds. The molecule has 0 aliphatic heterocycles. The van der Waals surface area contributed by atoms with Crippen molar-refractivity contribution in [1.82, 2.24) is 21.3 Å². The van der Waals surface area contributed by atoms with Crippen molar-refractivity contribution in [3.05, 3.63) is 35.9 Å². The summed E-state index contributed by atoms with van der Waals surface area (Å²) in [7, 11) is 0. The Morgan fingerprint density at radius 3 is 1.89 bits per heavy atom. The minimum Gasteiger partial charge on any atom is -0.445 e. The average molecular weight is 392 g/mol. The summed E-state index contributed by atoms with van der Waals surface area (Å²) in [6.45, 7) is 3.18. The predicted octanol–water partition coefficient (Wildman–Crippen LogP) is 0.452. The molecule has 0 aliphatic carbocycles. The summed E-state index contributed by atoms with van der Waals surface area (Å²) in [5.74, 6) is -0.876. The van der Waals surface area contributed by atoms with Crippen LogP contribution in [0.15, 0.2) is 30.3 Å². The summed E-state index contributed by atoms with van der Waals surface area (Å²) >= 11 is 0. The average Bonchev–Trinajstić information content (AvgIpc) is 2.66. The number of rotatable bonds is 12. The number of carbonyl (C=O) groups excluding carboxylic acids is 4. The largest absolute Gasteiger partial charge is 0.445 e. The molecule has 1 rings (SSSR count). The van der Waals surface area contributed by atoms with Crippen molar-refractivity contribution in [2.75, 3.05) is 26.2 Å². The number of carbonyl (C=O) groups is 4. The first kappa shape index (κ1) is 22.9. The molecule has 0 fully saturated rings. The van der Waals surface area contributed by atoms with Crippen molar-refractivity contribution in [1.29, 1.82) is 0 Å². The zero-order valence-corrected chi connectivity index (χ0v) is 16.1. The molecule has 0 unspecified atom stereocenters. The van der Waals surface area contributed by atoms with Crippen molar-refractivity contribution in [3.63, 3.8) is 0 Å². The molecule has 0 atom stereocenters. The molecular formula is C19H28N4O5. The van der Waals surface area contributed by atoms with Gasteiger partial charge >= 0.3 is 6.09 Å². The monoisotopic (exact) mass is 392 g/mol. The van der Waals surface area contributed by atoms with E-state index in [1.54, 1.807) is 0 Å². The maximum Gasteiger partial charge on any atom is 0.407 e. The van der Waals surface area contributed by atoms with Gasteiger partial charge in [0.25, 0.3) is 0 Å². The van der Waals surface area contributed by atoms with Crippen LogP contribution in [0.4, 0.5) is 4.79 Å². The summed E-state index contributed by atoms with van der Waals surface area (Å²) < 4.78 is 5.06. The Hall–Kier alpha value is -3.10. The van der Waals surface area contributed by atoms with Crippen LogP contribution in [0.1, 0.15) is 31.7 Å². The van der Waals surface area contributed by atoms with Crippen molar-refractivity contribution >= 4 is 23.8 Å². The number of nitrogens with one attached hydrogen (secondary N) is 4. The molecule has 9 nitrogen and oxygen atoms in total. The van der Waals surface area contributed by atoms with Gasteiger partial charge in [0, 0.05) is 33.1 Å². The first-order valence-electron chi connectivity index (χ1n) is 9.19. The number of hydrogen-bond acceptors (Lipinski definition) is 5. The summed E-state index contributed by atoms with van der Waals surface area (Å²) in [5, 5.41) is 10.4. The van der Waals surface area contributed by atoms with Crippen LogP contribution in [0.2, 0.25) is 0 Å². The third kappa shape index (κ3) is 12.3. The molecule has 1 aromatic carbocycles. The Balaban J connectivity index is 1.98. The Labute approximate surface area is 164 Å². The fraction of sp³-hybridized carbons (Fsp3) is 0.474. The highest BCUT2D eigenvalue weighted by Crippen LogP contribution is 2.00. The number of hydrogen-bond donors (Lipinski definition) is 4. The molecule has 0 saturated carbocycles. The number of alkyl carbamates (subject to hydrolysis) is 1. The van der Waals surface area contributed by atoms with Crippen LogP contribution in [0.25, 0.3) is 0 Å². The summed E-state index contributed by atoms with van der Waals surface area (Å²) in [6, 6.07) is 9.34. The van der Waals surface area contributed by atoms with Crippen LogP contribution in [0.5, 0.6) is 0 Å². The van der Waals surface area contributed by atoms with E-state index >= 15 is 0 Å². The van der Waals surface area contributed by atoms with Gasteiger partial charge in [-0.05, 0) is 18.4 Å². The van der Waals surface area contributed by atoms with E-state index in [1.165, 1.54) is 6.92 Å². The van der Waals surface area contributed by atoms with Gasteiger partial charge < -0.3 is 26.0 Å². The quantitative estimate of drug-likeness (QED) is 0.304. The smallest absolute Gasteiger partial charge is 0.407 e. The minimum absolute atomic E-state index is 0.121. The Kier molecular flexibility index (Phi) is 11.5. The zero-order valence-electron chi connectivity index (χ0n) is 16.1.